The molecule has 6 heteroatoms. The molecule has 2 heterocycles. The van der Waals surface area contributed by atoms with Gasteiger partial charge in [0.1, 0.15) is 5.82 Å². The number of nitrogens with one attached hydrogen (secondary N) is 1. The summed E-state index contributed by atoms with van der Waals surface area (Å²) in [7, 11) is 0. The Balaban J connectivity index is 2.49. The number of hydrogen-bond acceptors (Lipinski definition) is 5. The highest BCUT2D eigenvalue weighted by Crippen LogP contribution is 2.32. The fourth-order valence-electron chi connectivity index (χ4n) is 1.76. The third-order valence-electron chi connectivity index (χ3n) is 2.78. The fourth-order valence-corrected chi connectivity index (χ4v) is 3.26. The number of thiazole rings is 1. The summed E-state index contributed by atoms with van der Waals surface area (Å²) in [5.74, 6) is 1.89. The Morgan fingerprint density at radius 1 is 1.30 bits per heavy atom. The molecule has 20 heavy (non-hydrogen) atoms. The molecule has 0 amide bonds. The van der Waals surface area contributed by atoms with Gasteiger partial charge in [0.2, 0.25) is 0 Å². The second-order valence-electron chi connectivity index (χ2n) is 4.97. The number of rotatable bonds is 5. The van der Waals surface area contributed by atoms with Crippen LogP contribution in [-0.4, -0.2) is 21.5 Å². The minimum absolute atomic E-state index is 0.328. The Morgan fingerprint density at radius 2 is 2.05 bits per heavy atom. The van der Waals surface area contributed by atoms with Gasteiger partial charge in [-0.25, -0.2) is 15.0 Å². The number of hydrogen-bond donors (Lipinski definition) is 1. The molecule has 0 aliphatic heterocycles. The summed E-state index contributed by atoms with van der Waals surface area (Å²) >= 11 is 5.20. The summed E-state index contributed by atoms with van der Waals surface area (Å²) in [4.78, 5) is 13.8. The Kier molecular flexibility index (Phi) is 5.10. The minimum Gasteiger partial charge on any atom is -0.369 e. The molecular weight excluding hydrogens is 336 g/mol. The van der Waals surface area contributed by atoms with Crippen molar-refractivity contribution in [3.8, 4) is 10.8 Å². The van der Waals surface area contributed by atoms with Crippen LogP contribution in [0.4, 0.5) is 5.82 Å². The second-order valence-corrected chi connectivity index (χ2v) is 6.62. The highest BCUT2D eigenvalue weighted by atomic mass is 79.9. The zero-order valence-corrected chi connectivity index (χ0v) is 14.6. The van der Waals surface area contributed by atoms with E-state index in [0.717, 1.165) is 39.7 Å². The predicted molar refractivity (Wildman–Crippen MR) is 88.4 cm³/mol. The maximum atomic E-state index is 4.67. The van der Waals surface area contributed by atoms with Crippen molar-refractivity contribution in [2.75, 3.05) is 11.9 Å². The van der Waals surface area contributed by atoms with Gasteiger partial charge in [0.15, 0.2) is 10.8 Å². The maximum Gasteiger partial charge on any atom is 0.191 e. The van der Waals surface area contributed by atoms with Crippen LogP contribution < -0.4 is 5.32 Å². The van der Waals surface area contributed by atoms with Gasteiger partial charge in [-0.15, -0.1) is 11.3 Å². The van der Waals surface area contributed by atoms with Crippen LogP contribution in [0, 0.1) is 6.92 Å². The van der Waals surface area contributed by atoms with Gasteiger partial charge in [0, 0.05) is 17.6 Å². The summed E-state index contributed by atoms with van der Waals surface area (Å²) in [6.07, 6.45) is 1.05. The molecule has 2 aromatic heterocycles. The fraction of sp³-hybridized carbons (Fsp3) is 0.500. The van der Waals surface area contributed by atoms with Crippen LogP contribution in [0.5, 0.6) is 0 Å². The zero-order valence-electron chi connectivity index (χ0n) is 12.2. The van der Waals surface area contributed by atoms with Crippen molar-refractivity contribution in [1.29, 1.82) is 0 Å². The molecule has 4 nitrogen and oxygen atoms in total. The molecule has 0 unspecified atom stereocenters. The third kappa shape index (κ3) is 3.35. The van der Waals surface area contributed by atoms with Gasteiger partial charge in [-0.3, -0.25) is 0 Å². The summed E-state index contributed by atoms with van der Waals surface area (Å²) in [6.45, 7) is 9.28. The lowest BCUT2D eigenvalue weighted by atomic mass is 10.1. The number of aromatic nitrogens is 3. The van der Waals surface area contributed by atoms with E-state index in [4.69, 9.17) is 0 Å². The van der Waals surface area contributed by atoms with E-state index in [1.807, 2.05) is 12.3 Å². The molecule has 0 atom stereocenters. The standard InChI is InChI=1S/C14H19BrN4S/c1-5-6-16-12-10(15)11(8(2)3)18-13(19-12)14-17-9(4)7-20-14/h7-8H,5-6H2,1-4H3,(H,16,18,19). The Labute approximate surface area is 132 Å². The van der Waals surface area contributed by atoms with Crippen molar-refractivity contribution in [1.82, 2.24) is 15.0 Å². The van der Waals surface area contributed by atoms with Crippen molar-refractivity contribution in [3.63, 3.8) is 0 Å². The predicted octanol–water partition coefficient (Wildman–Crippen LogP) is 4.62. The Hall–Kier alpha value is -1.01. The summed E-state index contributed by atoms with van der Waals surface area (Å²) in [6, 6.07) is 0. The van der Waals surface area contributed by atoms with Gasteiger partial charge in [0.25, 0.3) is 0 Å². The maximum absolute atomic E-state index is 4.67. The van der Waals surface area contributed by atoms with E-state index in [1.54, 1.807) is 11.3 Å². The van der Waals surface area contributed by atoms with Crippen LogP contribution >= 0.6 is 27.3 Å². The van der Waals surface area contributed by atoms with E-state index in [0.29, 0.717) is 11.7 Å². The number of nitrogens with zero attached hydrogens (tertiary/aromatic N) is 3. The second kappa shape index (κ2) is 6.63. The number of anilines is 1. The smallest absolute Gasteiger partial charge is 0.191 e. The van der Waals surface area contributed by atoms with Gasteiger partial charge in [-0.2, -0.15) is 0 Å². The van der Waals surface area contributed by atoms with Gasteiger partial charge < -0.3 is 5.32 Å². The SMILES string of the molecule is CCCNc1nc(-c2nc(C)cs2)nc(C(C)C)c1Br. The molecule has 2 aromatic rings. The third-order valence-corrected chi connectivity index (χ3v) is 4.51. The molecule has 0 aromatic carbocycles. The first-order valence-electron chi connectivity index (χ1n) is 6.76. The first-order valence-corrected chi connectivity index (χ1v) is 8.44. The van der Waals surface area contributed by atoms with E-state index >= 15 is 0 Å². The molecular formula is C14H19BrN4S. The van der Waals surface area contributed by atoms with Crippen LogP contribution in [0.3, 0.4) is 0 Å². The van der Waals surface area contributed by atoms with E-state index in [-0.39, 0.29) is 0 Å². The van der Waals surface area contributed by atoms with Crippen molar-refractivity contribution < 1.29 is 0 Å². The van der Waals surface area contributed by atoms with Crippen LogP contribution in [0.15, 0.2) is 9.85 Å². The molecule has 0 aliphatic carbocycles. The van der Waals surface area contributed by atoms with Gasteiger partial charge >= 0.3 is 0 Å². The van der Waals surface area contributed by atoms with Crippen molar-refractivity contribution in [2.24, 2.45) is 0 Å². The lowest BCUT2D eigenvalue weighted by Crippen LogP contribution is -2.08. The average Bonchev–Trinajstić information content (AvgIpc) is 2.84. The van der Waals surface area contributed by atoms with Crippen molar-refractivity contribution in [2.45, 2.75) is 40.0 Å². The van der Waals surface area contributed by atoms with Crippen molar-refractivity contribution >= 4 is 33.1 Å². The highest BCUT2D eigenvalue weighted by molar-refractivity contribution is 9.10. The quantitative estimate of drug-likeness (QED) is 0.851. The largest absolute Gasteiger partial charge is 0.369 e. The molecule has 0 aliphatic rings. The molecule has 0 saturated heterocycles. The average molecular weight is 355 g/mol. The molecule has 0 radical (unpaired) electrons. The molecule has 1 N–H and O–H groups in total. The van der Waals surface area contributed by atoms with Crippen LogP contribution in [0.1, 0.15) is 44.5 Å². The molecule has 0 saturated carbocycles. The zero-order chi connectivity index (χ0) is 14.7. The monoisotopic (exact) mass is 354 g/mol. The first-order chi connectivity index (χ1) is 9.52. The number of aryl methyl sites for hydroxylation is 1. The lowest BCUT2D eigenvalue weighted by molar-refractivity contribution is 0.808. The van der Waals surface area contributed by atoms with Crippen LogP contribution in [-0.2, 0) is 0 Å². The Bertz CT molecular complexity index is 595. The van der Waals surface area contributed by atoms with Crippen LogP contribution in [0.2, 0.25) is 0 Å². The van der Waals surface area contributed by atoms with Crippen molar-refractivity contribution in [3.05, 3.63) is 21.2 Å². The van der Waals surface area contributed by atoms with Gasteiger partial charge in [0.05, 0.1) is 10.2 Å². The molecule has 0 bridgehead atoms. The Morgan fingerprint density at radius 3 is 2.60 bits per heavy atom. The number of halogens is 1. The minimum atomic E-state index is 0.328. The molecule has 0 fully saturated rings. The first kappa shape index (κ1) is 15.4. The molecule has 108 valence electrons. The molecule has 0 spiro atoms. The van der Waals surface area contributed by atoms with E-state index in [1.165, 1.54) is 0 Å². The van der Waals surface area contributed by atoms with Gasteiger partial charge in [-0.1, -0.05) is 20.8 Å². The highest BCUT2D eigenvalue weighted by Gasteiger charge is 2.17. The van der Waals surface area contributed by atoms with Crippen LogP contribution in [0.25, 0.3) is 10.8 Å². The topological polar surface area (TPSA) is 50.7 Å². The summed E-state index contributed by atoms with van der Waals surface area (Å²) in [5.41, 5.74) is 2.02. The lowest BCUT2D eigenvalue weighted by Gasteiger charge is -2.13. The van der Waals surface area contributed by atoms with Gasteiger partial charge in [-0.05, 0) is 35.2 Å². The molecule has 2 rings (SSSR count). The van der Waals surface area contributed by atoms with E-state index in [9.17, 15) is 0 Å². The summed E-state index contributed by atoms with van der Waals surface area (Å²) in [5, 5.41) is 6.25. The normalized spacial score (nSPS) is 11.1. The summed E-state index contributed by atoms with van der Waals surface area (Å²) < 4.78 is 0.956. The van der Waals surface area contributed by atoms with E-state index < -0.39 is 0 Å². The van der Waals surface area contributed by atoms with E-state index in [2.05, 4.69) is 57.0 Å².